The Hall–Kier alpha value is -2.36. The lowest BCUT2D eigenvalue weighted by Gasteiger charge is -2.09. The van der Waals surface area contributed by atoms with Gasteiger partial charge in [-0.2, -0.15) is 0 Å². The first-order chi connectivity index (χ1) is 11.1. The molecular formula is C19H24N2O2. The molecule has 1 aromatic carbocycles. The number of carbonyl (C=O) groups is 1. The molecule has 1 heterocycles. The van der Waals surface area contributed by atoms with E-state index >= 15 is 0 Å². The predicted molar refractivity (Wildman–Crippen MR) is 93.0 cm³/mol. The summed E-state index contributed by atoms with van der Waals surface area (Å²) in [4.78, 5) is 16.0. The second-order valence-electron chi connectivity index (χ2n) is 5.76. The quantitative estimate of drug-likeness (QED) is 0.731. The predicted octanol–water partition coefficient (Wildman–Crippen LogP) is 5.01. The number of anilines is 1. The van der Waals surface area contributed by atoms with Crippen molar-refractivity contribution in [1.82, 2.24) is 4.98 Å². The molecule has 1 amide bonds. The number of hydrogen-bond acceptors (Lipinski definition) is 3. The normalized spacial score (nSPS) is 10.4. The minimum absolute atomic E-state index is 0.0308. The van der Waals surface area contributed by atoms with Crippen molar-refractivity contribution in [3.63, 3.8) is 0 Å². The van der Waals surface area contributed by atoms with E-state index in [1.807, 2.05) is 32.0 Å². The van der Waals surface area contributed by atoms with Gasteiger partial charge in [0.1, 0.15) is 5.75 Å². The molecule has 2 rings (SSSR count). The number of rotatable bonds is 7. The molecule has 0 atom stereocenters. The summed E-state index contributed by atoms with van der Waals surface area (Å²) < 4.78 is 5.78. The molecule has 0 spiro atoms. The van der Waals surface area contributed by atoms with Gasteiger partial charge in [-0.3, -0.25) is 4.79 Å². The number of aryl methyl sites for hydroxylation is 2. The van der Waals surface area contributed by atoms with Gasteiger partial charge in [0.15, 0.2) is 0 Å². The Labute approximate surface area is 137 Å². The van der Waals surface area contributed by atoms with E-state index in [0.717, 1.165) is 30.6 Å². The number of amides is 1. The van der Waals surface area contributed by atoms with Crippen LogP contribution in [0, 0.1) is 13.8 Å². The molecule has 0 aliphatic rings. The number of aromatic nitrogens is 1. The topological polar surface area (TPSA) is 51.2 Å². The number of nitrogens with one attached hydrogen (secondary N) is 1. The van der Waals surface area contributed by atoms with Crippen LogP contribution in [-0.4, -0.2) is 10.9 Å². The largest absolute Gasteiger partial charge is 0.439 e. The number of hydrogen-bond donors (Lipinski definition) is 1. The van der Waals surface area contributed by atoms with Crippen LogP contribution in [0.3, 0.4) is 0 Å². The van der Waals surface area contributed by atoms with Crippen molar-refractivity contribution in [3.8, 4) is 11.6 Å². The molecule has 0 radical (unpaired) electrons. The van der Waals surface area contributed by atoms with Crippen LogP contribution in [0.25, 0.3) is 0 Å². The second-order valence-corrected chi connectivity index (χ2v) is 5.76. The van der Waals surface area contributed by atoms with Crippen LogP contribution in [-0.2, 0) is 4.79 Å². The number of carbonyl (C=O) groups excluding carboxylic acids is 1. The van der Waals surface area contributed by atoms with Crippen molar-refractivity contribution in [2.75, 3.05) is 5.32 Å². The maximum atomic E-state index is 11.8. The molecule has 0 saturated heterocycles. The van der Waals surface area contributed by atoms with Gasteiger partial charge >= 0.3 is 0 Å². The third kappa shape index (κ3) is 5.40. The molecule has 0 fully saturated rings. The molecule has 4 heteroatoms. The molecule has 1 N–H and O–H groups in total. The highest BCUT2D eigenvalue weighted by atomic mass is 16.5. The summed E-state index contributed by atoms with van der Waals surface area (Å²) in [6.07, 6.45) is 5.28. The summed E-state index contributed by atoms with van der Waals surface area (Å²) >= 11 is 0. The first kappa shape index (κ1) is 17.0. The molecule has 0 aliphatic heterocycles. The molecule has 23 heavy (non-hydrogen) atoms. The average Bonchev–Trinajstić information content (AvgIpc) is 2.52. The fraction of sp³-hybridized carbons (Fsp3) is 0.368. The van der Waals surface area contributed by atoms with Gasteiger partial charge < -0.3 is 10.1 Å². The first-order valence-electron chi connectivity index (χ1n) is 8.09. The molecule has 122 valence electrons. The van der Waals surface area contributed by atoms with Crippen molar-refractivity contribution >= 4 is 11.6 Å². The smallest absolute Gasteiger partial charge is 0.224 e. The highest BCUT2D eigenvalue weighted by Gasteiger charge is 2.05. The van der Waals surface area contributed by atoms with Gasteiger partial charge in [-0.1, -0.05) is 37.5 Å². The fourth-order valence-corrected chi connectivity index (χ4v) is 2.30. The van der Waals surface area contributed by atoms with Gasteiger partial charge in [-0.25, -0.2) is 4.98 Å². The Morgan fingerprint density at radius 1 is 1.17 bits per heavy atom. The summed E-state index contributed by atoms with van der Waals surface area (Å²) in [6.45, 7) is 6.18. The van der Waals surface area contributed by atoms with Gasteiger partial charge in [0.25, 0.3) is 0 Å². The lowest BCUT2D eigenvalue weighted by molar-refractivity contribution is -0.116. The van der Waals surface area contributed by atoms with Crippen LogP contribution in [0.4, 0.5) is 5.69 Å². The van der Waals surface area contributed by atoms with Crippen molar-refractivity contribution in [1.29, 1.82) is 0 Å². The maximum Gasteiger partial charge on any atom is 0.224 e. The van der Waals surface area contributed by atoms with E-state index in [4.69, 9.17) is 4.74 Å². The van der Waals surface area contributed by atoms with E-state index in [1.54, 1.807) is 12.3 Å². The SMILES string of the molecule is CCCCCC(=O)Nc1ccc(Oc2ccc(C)cc2C)nc1. The van der Waals surface area contributed by atoms with Crippen LogP contribution >= 0.6 is 0 Å². The molecule has 0 bridgehead atoms. The van der Waals surface area contributed by atoms with E-state index in [0.29, 0.717) is 18.0 Å². The highest BCUT2D eigenvalue weighted by Crippen LogP contribution is 2.24. The van der Waals surface area contributed by atoms with E-state index < -0.39 is 0 Å². The van der Waals surface area contributed by atoms with Crippen LogP contribution in [0.15, 0.2) is 36.5 Å². The van der Waals surface area contributed by atoms with Crippen LogP contribution in [0.5, 0.6) is 11.6 Å². The Kier molecular flexibility index (Phi) is 6.15. The minimum Gasteiger partial charge on any atom is -0.439 e. The maximum absolute atomic E-state index is 11.8. The third-order valence-electron chi connectivity index (χ3n) is 3.57. The van der Waals surface area contributed by atoms with Gasteiger partial charge in [0, 0.05) is 12.5 Å². The van der Waals surface area contributed by atoms with Crippen LogP contribution in [0.2, 0.25) is 0 Å². The summed E-state index contributed by atoms with van der Waals surface area (Å²) in [5, 5.41) is 2.85. The Morgan fingerprint density at radius 3 is 2.65 bits per heavy atom. The second kappa shape index (κ2) is 8.32. The highest BCUT2D eigenvalue weighted by molar-refractivity contribution is 5.90. The fourth-order valence-electron chi connectivity index (χ4n) is 2.30. The van der Waals surface area contributed by atoms with Crippen LogP contribution in [0.1, 0.15) is 43.7 Å². The van der Waals surface area contributed by atoms with E-state index in [9.17, 15) is 4.79 Å². The third-order valence-corrected chi connectivity index (χ3v) is 3.57. The minimum atomic E-state index is 0.0308. The molecule has 2 aromatic rings. The van der Waals surface area contributed by atoms with Crippen molar-refractivity contribution in [2.24, 2.45) is 0 Å². The van der Waals surface area contributed by atoms with Crippen molar-refractivity contribution in [3.05, 3.63) is 47.7 Å². The van der Waals surface area contributed by atoms with E-state index in [-0.39, 0.29) is 5.91 Å². The summed E-state index contributed by atoms with van der Waals surface area (Å²) in [5.41, 5.74) is 2.96. The first-order valence-corrected chi connectivity index (χ1v) is 8.09. The zero-order chi connectivity index (χ0) is 16.7. The number of ether oxygens (including phenoxy) is 1. The summed E-state index contributed by atoms with van der Waals surface area (Å²) in [6, 6.07) is 9.59. The van der Waals surface area contributed by atoms with E-state index in [1.165, 1.54) is 5.56 Å². The Balaban J connectivity index is 1.92. The molecular weight excluding hydrogens is 288 g/mol. The molecule has 0 unspecified atom stereocenters. The van der Waals surface area contributed by atoms with Crippen molar-refractivity contribution < 1.29 is 9.53 Å². The van der Waals surface area contributed by atoms with Gasteiger partial charge in [-0.05, 0) is 38.0 Å². The average molecular weight is 312 g/mol. The van der Waals surface area contributed by atoms with Gasteiger partial charge in [0.05, 0.1) is 11.9 Å². The number of benzene rings is 1. The Morgan fingerprint density at radius 2 is 2.00 bits per heavy atom. The monoisotopic (exact) mass is 312 g/mol. The van der Waals surface area contributed by atoms with Gasteiger partial charge in [-0.15, -0.1) is 0 Å². The van der Waals surface area contributed by atoms with E-state index in [2.05, 4.69) is 23.3 Å². The zero-order valence-corrected chi connectivity index (χ0v) is 14.1. The van der Waals surface area contributed by atoms with Gasteiger partial charge in [0.2, 0.25) is 11.8 Å². The molecule has 4 nitrogen and oxygen atoms in total. The zero-order valence-electron chi connectivity index (χ0n) is 14.1. The lowest BCUT2D eigenvalue weighted by atomic mass is 10.1. The standard InChI is InChI=1S/C19H24N2O2/c1-4-5-6-7-18(22)21-16-9-11-19(20-13-16)23-17-10-8-14(2)12-15(17)3/h8-13H,4-7H2,1-3H3,(H,21,22). The summed E-state index contributed by atoms with van der Waals surface area (Å²) in [7, 11) is 0. The number of nitrogens with zero attached hydrogens (tertiary/aromatic N) is 1. The van der Waals surface area contributed by atoms with Crippen molar-refractivity contribution in [2.45, 2.75) is 46.5 Å². The molecule has 0 saturated carbocycles. The van der Waals surface area contributed by atoms with Crippen LogP contribution < -0.4 is 10.1 Å². The number of unbranched alkanes of at least 4 members (excludes halogenated alkanes) is 2. The molecule has 1 aromatic heterocycles. The molecule has 0 aliphatic carbocycles. The lowest BCUT2D eigenvalue weighted by Crippen LogP contribution is -2.11. The summed E-state index contributed by atoms with van der Waals surface area (Å²) in [5.74, 6) is 1.34. The number of pyridine rings is 1. The Bertz CT molecular complexity index is 651.